The maximum Gasteiger partial charge on any atom is 0.333 e. The summed E-state index contributed by atoms with van der Waals surface area (Å²) >= 11 is 0. The van der Waals surface area contributed by atoms with Crippen molar-refractivity contribution >= 4 is 16.8 Å². The van der Waals surface area contributed by atoms with Gasteiger partial charge in [0.1, 0.15) is 0 Å². The number of aromatic amines is 1. The molecular weight excluding hydrogens is 310 g/mol. The summed E-state index contributed by atoms with van der Waals surface area (Å²) in [6, 6.07) is 13.1. The average molecular weight is 325 g/mol. The Bertz CT molecular complexity index is 1010. The molecule has 2 aromatic carbocycles. The van der Waals surface area contributed by atoms with Crippen LogP contribution in [0.2, 0.25) is 0 Å². The lowest BCUT2D eigenvalue weighted by Gasteiger charge is -2.08. The topological polar surface area (TPSA) is 93.2 Å². The molecule has 7 nitrogen and oxygen atoms in total. The van der Waals surface area contributed by atoms with E-state index in [1.165, 1.54) is 18.2 Å². The number of aromatic nitrogens is 2. The lowest BCUT2D eigenvalue weighted by Crippen LogP contribution is -2.33. The fourth-order valence-electron chi connectivity index (χ4n) is 2.37. The molecule has 0 aliphatic heterocycles. The van der Waals surface area contributed by atoms with E-state index in [-0.39, 0.29) is 5.56 Å². The van der Waals surface area contributed by atoms with E-state index in [1.54, 1.807) is 37.3 Å². The number of H-pyrrole nitrogens is 1. The minimum Gasteiger partial charge on any atom is -0.306 e. The van der Waals surface area contributed by atoms with Gasteiger partial charge in [0, 0.05) is 5.56 Å². The molecule has 1 amide bonds. The molecule has 7 heteroatoms. The lowest BCUT2D eigenvalue weighted by atomic mass is 10.1. The van der Waals surface area contributed by atoms with Gasteiger partial charge < -0.3 is 4.98 Å². The molecule has 24 heavy (non-hydrogen) atoms. The Kier molecular flexibility index (Phi) is 4.26. The lowest BCUT2D eigenvalue weighted by molar-refractivity contribution is 0.0364. The molecule has 2 N–H and O–H groups in total. The zero-order chi connectivity index (χ0) is 17.1. The third kappa shape index (κ3) is 2.84. The number of hydroxylamine groups is 1. The summed E-state index contributed by atoms with van der Waals surface area (Å²) in [6.07, 6.45) is 0. The van der Waals surface area contributed by atoms with Crippen LogP contribution in [-0.2, 0) is 4.84 Å². The van der Waals surface area contributed by atoms with Crippen LogP contribution in [0.5, 0.6) is 0 Å². The van der Waals surface area contributed by atoms with Gasteiger partial charge in [-0.05, 0) is 37.3 Å². The zero-order valence-electron chi connectivity index (χ0n) is 12.9. The third-order valence-electron chi connectivity index (χ3n) is 3.48. The largest absolute Gasteiger partial charge is 0.333 e. The highest BCUT2D eigenvalue weighted by atomic mass is 16.6. The van der Waals surface area contributed by atoms with Crippen LogP contribution in [0.3, 0.4) is 0 Å². The first-order valence-corrected chi connectivity index (χ1v) is 7.38. The van der Waals surface area contributed by atoms with Crippen molar-refractivity contribution in [1.82, 2.24) is 15.0 Å². The van der Waals surface area contributed by atoms with Crippen LogP contribution in [0, 0.1) is 0 Å². The molecule has 0 spiro atoms. The van der Waals surface area contributed by atoms with Crippen LogP contribution >= 0.6 is 0 Å². The maximum atomic E-state index is 12.6. The van der Waals surface area contributed by atoms with Crippen LogP contribution in [-0.4, -0.2) is 22.1 Å². The predicted molar refractivity (Wildman–Crippen MR) is 89.3 cm³/mol. The molecular formula is C17H15N3O4. The molecule has 0 fully saturated rings. The Hall–Kier alpha value is -3.19. The number of nitrogens with one attached hydrogen (secondary N) is 2. The van der Waals surface area contributed by atoms with E-state index in [0.29, 0.717) is 23.2 Å². The Labute approximate surface area is 136 Å². The van der Waals surface area contributed by atoms with Crippen molar-refractivity contribution in [2.24, 2.45) is 0 Å². The number of hydrogen-bond donors (Lipinski definition) is 2. The number of para-hydroxylation sites is 1. The van der Waals surface area contributed by atoms with Crippen LogP contribution in [0.25, 0.3) is 16.6 Å². The van der Waals surface area contributed by atoms with E-state index in [9.17, 15) is 14.4 Å². The average Bonchev–Trinajstić information content (AvgIpc) is 2.60. The maximum absolute atomic E-state index is 12.6. The van der Waals surface area contributed by atoms with Crippen molar-refractivity contribution in [2.75, 3.05) is 6.61 Å². The van der Waals surface area contributed by atoms with E-state index in [2.05, 4.69) is 10.5 Å². The van der Waals surface area contributed by atoms with E-state index in [4.69, 9.17) is 4.84 Å². The molecule has 0 atom stereocenters. The Morgan fingerprint density at radius 2 is 1.92 bits per heavy atom. The third-order valence-corrected chi connectivity index (χ3v) is 3.48. The summed E-state index contributed by atoms with van der Waals surface area (Å²) < 4.78 is 1.06. The quantitative estimate of drug-likeness (QED) is 0.708. The highest BCUT2D eigenvalue weighted by molar-refractivity contribution is 5.97. The zero-order valence-corrected chi connectivity index (χ0v) is 12.9. The summed E-state index contributed by atoms with van der Waals surface area (Å²) in [5, 5.41) is 0.311. The van der Waals surface area contributed by atoms with Crippen LogP contribution in [0.15, 0.2) is 58.1 Å². The van der Waals surface area contributed by atoms with Gasteiger partial charge in [0.25, 0.3) is 11.5 Å². The van der Waals surface area contributed by atoms with E-state index < -0.39 is 17.2 Å². The molecule has 0 unspecified atom stereocenters. The van der Waals surface area contributed by atoms with Crippen LogP contribution in [0.4, 0.5) is 0 Å². The molecule has 0 saturated heterocycles. The number of amides is 1. The van der Waals surface area contributed by atoms with Crippen molar-refractivity contribution in [3.05, 3.63) is 74.9 Å². The molecule has 122 valence electrons. The van der Waals surface area contributed by atoms with Gasteiger partial charge in [-0.3, -0.25) is 14.4 Å². The van der Waals surface area contributed by atoms with Gasteiger partial charge in [0.05, 0.1) is 23.2 Å². The minimum atomic E-state index is -0.568. The molecule has 0 saturated carbocycles. The number of hydrogen-bond acceptors (Lipinski definition) is 4. The minimum absolute atomic E-state index is 0.281. The molecule has 3 rings (SSSR count). The monoisotopic (exact) mass is 325 g/mol. The number of benzene rings is 2. The normalized spacial score (nSPS) is 10.7. The fraction of sp³-hybridized carbons (Fsp3) is 0.118. The number of carbonyl (C=O) groups is 1. The molecule has 0 radical (unpaired) electrons. The molecule has 0 aliphatic carbocycles. The second-order valence-corrected chi connectivity index (χ2v) is 5.03. The van der Waals surface area contributed by atoms with E-state index in [1.807, 2.05) is 0 Å². The second kappa shape index (κ2) is 6.51. The van der Waals surface area contributed by atoms with Gasteiger partial charge in [-0.25, -0.2) is 14.8 Å². The first-order chi connectivity index (χ1) is 11.6. The number of fused-ring (bicyclic) bond motifs is 1. The second-order valence-electron chi connectivity index (χ2n) is 5.03. The SMILES string of the molecule is CCONC(=O)c1ccc2c(=O)n(-c3ccccc3)c(=O)[nH]c2c1. The summed E-state index contributed by atoms with van der Waals surface area (Å²) in [5.41, 5.74) is 2.30. The fourth-order valence-corrected chi connectivity index (χ4v) is 2.37. The van der Waals surface area contributed by atoms with Crippen molar-refractivity contribution in [3.8, 4) is 5.69 Å². The van der Waals surface area contributed by atoms with Crippen molar-refractivity contribution in [3.63, 3.8) is 0 Å². The van der Waals surface area contributed by atoms with Gasteiger partial charge >= 0.3 is 5.69 Å². The highest BCUT2D eigenvalue weighted by Crippen LogP contribution is 2.10. The summed E-state index contributed by atoms with van der Waals surface area (Å²) in [7, 11) is 0. The van der Waals surface area contributed by atoms with Crippen molar-refractivity contribution in [2.45, 2.75) is 6.92 Å². The van der Waals surface area contributed by atoms with E-state index in [0.717, 1.165) is 4.57 Å². The standard InChI is InChI=1S/C17H15N3O4/c1-2-24-19-15(21)11-8-9-13-14(10-11)18-17(23)20(16(13)22)12-6-4-3-5-7-12/h3-10H,2H2,1H3,(H,18,23)(H,19,21). The van der Waals surface area contributed by atoms with Crippen LogP contribution in [0.1, 0.15) is 17.3 Å². The van der Waals surface area contributed by atoms with Gasteiger partial charge in [0.2, 0.25) is 0 Å². The molecule has 3 aromatic rings. The van der Waals surface area contributed by atoms with Crippen molar-refractivity contribution in [1.29, 1.82) is 0 Å². The van der Waals surface area contributed by atoms with Crippen LogP contribution < -0.4 is 16.7 Å². The smallest absolute Gasteiger partial charge is 0.306 e. The Morgan fingerprint density at radius 3 is 2.62 bits per heavy atom. The number of nitrogens with zero attached hydrogens (tertiary/aromatic N) is 1. The Balaban J connectivity index is 2.13. The first kappa shape index (κ1) is 15.7. The van der Waals surface area contributed by atoms with Gasteiger partial charge in [-0.2, -0.15) is 0 Å². The highest BCUT2D eigenvalue weighted by Gasteiger charge is 2.12. The summed E-state index contributed by atoms with van der Waals surface area (Å²) in [6.45, 7) is 2.07. The van der Waals surface area contributed by atoms with Gasteiger partial charge in [0.15, 0.2) is 0 Å². The van der Waals surface area contributed by atoms with Crippen molar-refractivity contribution < 1.29 is 9.63 Å². The summed E-state index contributed by atoms with van der Waals surface area (Å²) in [5.74, 6) is -0.452. The number of rotatable bonds is 4. The van der Waals surface area contributed by atoms with Gasteiger partial charge in [-0.15, -0.1) is 0 Å². The molecule has 0 bridgehead atoms. The molecule has 1 heterocycles. The first-order valence-electron chi connectivity index (χ1n) is 7.38. The Morgan fingerprint density at radius 1 is 1.17 bits per heavy atom. The molecule has 0 aliphatic rings. The molecule has 1 aromatic heterocycles. The predicted octanol–water partition coefficient (Wildman–Crippen LogP) is 1.36. The van der Waals surface area contributed by atoms with E-state index >= 15 is 0 Å². The van der Waals surface area contributed by atoms with Gasteiger partial charge in [-0.1, -0.05) is 18.2 Å². The number of carbonyl (C=O) groups excluding carboxylic acids is 1. The summed E-state index contributed by atoms with van der Waals surface area (Å²) in [4.78, 5) is 44.3.